The monoisotopic (exact) mass is 368 g/mol. The first-order chi connectivity index (χ1) is 13.4. The van der Waals surface area contributed by atoms with Gasteiger partial charge < -0.3 is 4.74 Å². The van der Waals surface area contributed by atoms with Gasteiger partial charge in [-0.25, -0.2) is 0 Å². The minimum absolute atomic E-state index is 0.493. The van der Waals surface area contributed by atoms with E-state index in [-0.39, 0.29) is 0 Å². The molecule has 0 amide bonds. The minimum Gasteiger partial charge on any atom is -0.489 e. The van der Waals surface area contributed by atoms with Crippen molar-refractivity contribution in [2.45, 2.75) is 21.3 Å². The first kappa shape index (κ1) is 16.2. The van der Waals surface area contributed by atoms with Gasteiger partial charge >= 0.3 is 0 Å². The van der Waals surface area contributed by atoms with Gasteiger partial charge in [0, 0.05) is 9.79 Å². The summed E-state index contributed by atoms with van der Waals surface area (Å²) >= 11 is 0. The van der Waals surface area contributed by atoms with Crippen LogP contribution in [0.2, 0.25) is 0 Å². The molecule has 5 rings (SSSR count). The Hall–Kier alpha value is -2.97. The Balaban J connectivity index is 1.44. The normalized spacial score (nSPS) is 13.1. The summed E-state index contributed by atoms with van der Waals surface area (Å²) in [6, 6.07) is 36.6. The Kier molecular flexibility index (Phi) is 4.19. The van der Waals surface area contributed by atoms with E-state index in [1.165, 1.54) is 31.4 Å². The van der Waals surface area contributed by atoms with Crippen molar-refractivity contribution in [3.8, 4) is 16.9 Å². The number of fused-ring (bicyclic) bond motifs is 3. The zero-order chi connectivity index (χ0) is 18.1. The van der Waals surface area contributed by atoms with E-state index >= 15 is 0 Å². The average molecular weight is 369 g/mol. The molecule has 1 aliphatic rings. The third-order valence-corrected chi connectivity index (χ3v) is 7.48. The molecule has 4 aromatic rings. The van der Waals surface area contributed by atoms with Crippen LogP contribution in [0.15, 0.2) is 118 Å². The average Bonchev–Trinajstić information content (AvgIpc) is 3.08. The smallest absolute Gasteiger partial charge is 0.119 e. The van der Waals surface area contributed by atoms with Gasteiger partial charge in [-0.15, -0.1) is 0 Å². The molecule has 0 aromatic heterocycles. The van der Waals surface area contributed by atoms with Gasteiger partial charge in [0.2, 0.25) is 0 Å². The molecule has 1 aliphatic heterocycles. The van der Waals surface area contributed by atoms with E-state index < -0.39 is 10.9 Å². The van der Waals surface area contributed by atoms with Crippen LogP contribution in [0.5, 0.6) is 5.75 Å². The van der Waals surface area contributed by atoms with Crippen molar-refractivity contribution in [1.29, 1.82) is 0 Å². The van der Waals surface area contributed by atoms with Crippen LogP contribution < -0.4 is 4.74 Å². The van der Waals surface area contributed by atoms with E-state index in [1.54, 1.807) is 0 Å². The number of ether oxygens (including phenoxy) is 1. The largest absolute Gasteiger partial charge is 0.489 e. The first-order valence-electron chi connectivity index (χ1n) is 9.15. The molecule has 27 heavy (non-hydrogen) atoms. The predicted octanol–water partition coefficient (Wildman–Crippen LogP) is 6.72. The van der Waals surface area contributed by atoms with Crippen LogP contribution in [-0.4, -0.2) is 0 Å². The molecule has 0 saturated heterocycles. The molecule has 0 bridgehead atoms. The number of hydrogen-bond acceptors (Lipinski definition) is 1. The van der Waals surface area contributed by atoms with Crippen LogP contribution >= 0.6 is 10.9 Å². The third-order valence-electron chi connectivity index (χ3n) is 4.92. The molecule has 2 heteroatoms. The number of hydrogen-bond donors (Lipinski definition) is 1. The Morgan fingerprint density at radius 1 is 0.556 bits per heavy atom. The van der Waals surface area contributed by atoms with Gasteiger partial charge in [-0.05, 0) is 58.0 Å². The first-order valence-corrected chi connectivity index (χ1v) is 10.5. The van der Waals surface area contributed by atoms with Crippen LogP contribution in [0, 0.1) is 0 Å². The fraction of sp³-hybridized carbons (Fsp3) is 0.0400. The van der Waals surface area contributed by atoms with Gasteiger partial charge in [0.25, 0.3) is 0 Å². The Bertz CT molecular complexity index is 1030. The fourth-order valence-corrected chi connectivity index (χ4v) is 6.24. The van der Waals surface area contributed by atoms with Crippen LogP contribution in [0.3, 0.4) is 0 Å². The second-order valence-corrected chi connectivity index (χ2v) is 8.79. The molecule has 1 nitrogen and oxygen atoms in total. The van der Waals surface area contributed by atoms with E-state index in [1.807, 2.05) is 18.2 Å². The van der Waals surface area contributed by atoms with E-state index in [0.717, 1.165) is 5.75 Å². The molecule has 0 fully saturated rings. The molecule has 0 N–H and O–H groups in total. The van der Waals surface area contributed by atoms with Gasteiger partial charge in [0.15, 0.2) is 0 Å². The molecule has 0 unspecified atom stereocenters. The quantitative estimate of drug-likeness (QED) is 0.346. The van der Waals surface area contributed by atoms with Gasteiger partial charge in [0.1, 0.15) is 12.4 Å². The van der Waals surface area contributed by atoms with Gasteiger partial charge in [-0.2, -0.15) is 10.9 Å². The van der Waals surface area contributed by atoms with Crippen LogP contribution in [0.25, 0.3) is 11.1 Å². The summed E-state index contributed by atoms with van der Waals surface area (Å²) in [6.45, 7) is 0.598. The maximum Gasteiger partial charge on any atom is 0.119 e. The SMILES string of the molecule is c1ccc(COc2ccc([SH]3c4ccccc4-c4ccccc43)cc2)cc1. The van der Waals surface area contributed by atoms with E-state index in [0.29, 0.717) is 6.61 Å². The van der Waals surface area contributed by atoms with Crippen LogP contribution in [0.1, 0.15) is 5.56 Å². The highest BCUT2D eigenvalue weighted by Crippen LogP contribution is 2.62. The maximum atomic E-state index is 5.96. The number of thiol groups is 1. The highest BCUT2D eigenvalue weighted by Gasteiger charge is 2.26. The summed E-state index contributed by atoms with van der Waals surface area (Å²) in [5.74, 6) is 0.915. The second-order valence-electron chi connectivity index (χ2n) is 6.64. The molecule has 132 valence electrons. The van der Waals surface area contributed by atoms with Gasteiger partial charge in [-0.3, -0.25) is 0 Å². The molecule has 4 aromatic carbocycles. The molecule has 0 saturated carbocycles. The van der Waals surface area contributed by atoms with Crippen molar-refractivity contribution in [3.63, 3.8) is 0 Å². The molecule has 0 aliphatic carbocycles. The van der Waals surface area contributed by atoms with Crippen LogP contribution in [-0.2, 0) is 6.61 Å². The summed E-state index contributed by atoms with van der Waals surface area (Å²) in [7, 11) is -0.493. The molecule has 0 atom stereocenters. The van der Waals surface area contributed by atoms with Crippen molar-refractivity contribution >= 4 is 10.9 Å². The topological polar surface area (TPSA) is 9.23 Å². The maximum absolute atomic E-state index is 5.96. The molecule has 0 radical (unpaired) electrons. The summed E-state index contributed by atoms with van der Waals surface area (Å²) in [6.07, 6.45) is 0. The third kappa shape index (κ3) is 3.02. The van der Waals surface area contributed by atoms with E-state index in [4.69, 9.17) is 4.74 Å². The van der Waals surface area contributed by atoms with Crippen LogP contribution in [0.4, 0.5) is 0 Å². The summed E-state index contributed by atoms with van der Waals surface area (Å²) in [5, 5.41) is 0. The van der Waals surface area contributed by atoms with E-state index in [9.17, 15) is 0 Å². The standard InChI is InChI=1S/C25H20OS/c1-2-8-19(9-3-1)18-26-20-14-16-21(17-15-20)27-24-12-6-4-10-22(24)23-11-5-7-13-25(23)27/h1-17,27H,18H2. The second kappa shape index (κ2) is 6.98. The summed E-state index contributed by atoms with van der Waals surface area (Å²) < 4.78 is 5.96. The minimum atomic E-state index is -0.493. The van der Waals surface area contributed by atoms with Gasteiger partial charge in [-0.1, -0.05) is 66.7 Å². The highest BCUT2D eigenvalue weighted by molar-refractivity contribution is 8.17. The zero-order valence-corrected chi connectivity index (χ0v) is 15.8. The van der Waals surface area contributed by atoms with Crippen molar-refractivity contribution < 1.29 is 4.74 Å². The molecular formula is C25H20OS. The van der Waals surface area contributed by atoms with Crippen molar-refractivity contribution in [3.05, 3.63) is 109 Å². The summed E-state index contributed by atoms with van der Waals surface area (Å²) in [4.78, 5) is 4.27. The van der Waals surface area contributed by atoms with Gasteiger partial charge in [0.05, 0.1) is 0 Å². The lowest BCUT2D eigenvalue weighted by atomic mass is 10.1. The predicted molar refractivity (Wildman–Crippen MR) is 113 cm³/mol. The highest BCUT2D eigenvalue weighted by atomic mass is 32.2. The lowest BCUT2D eigenvalue weighted by molar-refractivity contribution is 0.306. The van der Waals surface area contributed by atoms with Crippen molar-refractivity contribution in [2.75, 3.05) is 0 Å². The van der Waals surface area contributed by atoms with E-state index in [2.05, 4.69) is 84.9 Å². The molecular weight excluding hydrogens is 348 g/mol. The lowest BCUT2D eigenvalue weighted by Gasteiger charge is -2.19. The molecule has 0 spiro atoms. The van der Waals surface area contributed by atoms with Crippen molar-refractivity contribution in [1.82, 2.24) is 0 Å². The number of rotatable bonds is 4. The summed E-state index contributed by atoms with van der Waals surface area (Å²) in [5.41, 5.74) is 3.94. The Labute approximate surface area is 162 Å². The lowest BCUT2D eigenvalue weighted by Crippen LogP contribution is -1.94. The fourth-order valence-electron chi connectivity index (χ4n) is 3.63. The molecule has 1 heterocycles. The van der Waals surface area contributed by atoms with Crippen molar-refractivity contribution in [2.24, 2.45) is 0 Å². The number of benzene rings is 4. The Morgan fingerprint density at radius 2 is 1.11 bits per heavy atom. The Morgan fingerprint density at radius 3 is 1.74 bits per heavy atom. The zero-order valence-electron chi connectivity index (χ0n) is 14.9.